The Balaban J connectivity index is 2.11. The van der Waals surface area contributed by atoms with Crippen LogP contribution in [0.4, 0.5) is 0 Å². The SMILES string of the molecule is CNC(=C[N+](=O)[O-])NCCSCCc1cnoc1C. The summed E-state index contributed by atoms with van der Waals surface area (Å²) in [4.78, 5) is 9.81. The van der Waals surface area contributed by atoms with Gasteiger partial charge in [0.25, 0.3) is 6.20 Å². The van der Waals surface area contributed by atoms with Gasteiger partial charge in [-0.05, 0) is 19.1 Å². The summed E-state index contributed by atoms with van der Waals surface area (Å²) in [7, 11) is 1.64. The first-order valence-corrected chi connectivity index (χ1v) is 7.03. The monoisotopic (exact) mass is 286 g/mol. The van der Waals surface area contributed by atoms with Gasteiger partial charge in [0.2, 0.25) is 0 Å². The molecular weight excluding hydrogens is 268 g/mol. The fourth-order valence-corrected chi connectivity index (χ4v) is 2.22. The van der Waals surface area contributed by atoms with E-state index in [0.29, 0.717) is 12.4 Å². The fourth-order valence-electron chi connectivity index (χ4n) is 1.41. The Bertz CT molecular complexity index is 433. The molecular formula is C11H18N4O3S. The van der Waals surface area contributed by atoms with Crippen molar-refractivity contribution in [2.24, 2.45) is 0 Å². The predicted molar refractivity (Wildman–Crippen MR) is 74.4 cm³/mol. The minimum Gasteiger partial charge on any atom is -0.370 e. The number of hydrogen-bond acceptors (Lipinski definition) is 7. The third kappa shape index (κ3) is 6.14. The molecule has 0 saturated carbocycles. The molecule has 0 aromatic carbocycles. The number of aryl methyl sites for hydroxylation is 2. The normalized spacial score (nSPS) is 11.4. The van der Waals surface area contributed by atoms with E-state index in [-0.39, 0.29) is 0 Å². The Morgan fingerprint density at radius 3 is 3.00 bits per heavy atom. The maximum Gasteiger partial charge on any atom is 0.274 e. The summed E-state index contributed by atoms with van der Waals surface area (Å²) in [5, 5.41) is 19.7. The number of aromatic nitrogens is 1. The second-order valence-electron chi connectivity index (χ2n) is 3.77. The van der Waals surface area contributed by atoms with Crippen LogP contribution in [0.1, 0.15) is 11.3 Å². The van der Waals surface area contributed by atoms with Crippen molar-refractivity contribution in [2.45, 2.75) is 13.3 Å². The Morgan fingerprint density at radius 2 is 2.42 bits per heavy atom. The highest BCUT2D eigenvalue weighted by Crippen LogP contribution is 2.10. The van der Waals surface area contributed by atoms with E-state index < -0.39 is 4.92 Å². The summed E-state index contributed by atoms with van der Waals surface area (Å²) in [6.45, 7) is 2.57. The van der Waals surface area contributed by atoms with Crippen molar-refractivity contribution >= 4 is 11.8 Å². The highest BCUT2D eigenvalue weighted by atomic mass is 32.2. The third-order valence-corrected chi connectivity index (χ3v) is 3.42. The van der Waals surface area contributed by atoms with E-state index in [4.69, 9.17) is 4.52 Å². The molecule has 7 nitrogen and oxygen atoms in total. The van der Waals surface area contributed by atoms with Crippen LogP contribution in [-0.4, -0.2) is 35.2 Å². The van der Waals surface area contributed by atoms with Crippen LogP contribution in [0.5, 0.6) is 0 Å². The summed E-state index contributed by atoms with van der Waals surface area (Å²) in [6.07, 6.45) is 3.59. The van der Waals surface area contributed by atoms with Crippen molar-refractivity contribution in [2.75, 3.05) is 25.1 Å². The van der Waals surface area contributed by atoms with Crippen molar-refractivity contribution in [3.63, 3.8) is 0 Å². The minimum absolute atomic E-state index is 0.417. The van der Waals surface area contributed by atoms with Crippen LogP contribution < -0.4 is 10.6 Å². The second-order valence-corrected chi connectivity index (χ2v) is 5.00. The fraction of sp³-hybridized carbons (Fsp3) is 0.545. The van der Waals surface area contributed by atoms with E-state index in [1.807, 2.05) is 6.92 Å². The molecule has 8 heteroatoms. The van der Waals surface area contributed by atoms with E-state index in [1.165, 1.54) is 0 Å². The van der Waals surface area contributed by atoms with Gasteiger partial charge in [-0.1, -0.05) is 5.16 Å². The highest BCUT2D eigenvalue weighted by molar-refractivity contribution is 7.99. The van der Waals surface area contributed by atoms with Gasteiger partial charge in [0.05, 0.1) is 11.1 Å². The van der Waals surface area contributed by atoms with Crippen LogP contribution in [0.3, 0.4) is 0 Å². The second kappa shape index (κ2) is 8.41. The standard InChI is InChI=1S/C11H18N4O3S/c1-9-10(7-14-18-9)3-5-19-6-4-13-11(12-2)8-15(16)17/h7-8,12-13H,3-6H2,1-2H3. The Labute approximate surface area is 116 Å². The number of nitro groups is 1. The van der Waals surface area contributed by atoms with Gasteiger partial charge in [-0.2, -0.15) is 11.8 Å². The predicted octanol–water partition coefficient (Wildman–Crippen LogP) is 1.14. The van der Waals surface area contributed by atoms with E-state index in [1.54, 1.807) is 25.0 Å². The molecule has 0 saturated heterocycles. The number of nitrogens with zero attached hydrogens (tertiary/aromatic N) is 2. The van der Waals surface area contributed by atoms with Crippen LogP contribution in [0.2, 0.25) is 0 Å². The van der Waals surface area contributed by atoms with E-state index >= 15 is 0 Å². The summed E-state index contributed by atoms with van der Waals surface area (Å²) < 4.78 is 4.97. The van der Waals surface area contributed by atoms with Crippen LogP contribution in [0.15, 0.2) is 22.7 Å². The molecule has 0 aliphatic heterocycles. The zero-order valence-corrected chi connectivity index (χ0v) is 11.8. The molecule has 0 radical (unpaired) electrons. The molecule has 1 heterocycles. The van der Waals surface area contributed by atoms with Crippen LogP contribution in [0, 0.1) is 17.0 Å². The molecule has 0 aliphatic carbocycles. The molecule has 0 spiro atoms. The molecule has 0 bridgehead atoms. The molecule has 0 aliphatic rings. The first-order chi connectivity index (χ1) is 9.13. The number of rotatable bonds is 9. The van der Waals surface area contributed by atoms with Gasteiger partial charge in [0, 0.05) is 24.9 Å². The molecule has 1 aromatic rings. The lowest BCUT2D eigenvalue weighted by atomic mass is 10.2. The lowest BCUT2D eigenvalue weighted by Gasteiger charge is -2.07. The average Bonchev–Trinajstić information content (AvgIpc) is 2.77. The molecule has 106 valence electrons. The summed E-state index contributed by atoms with van der Waals surface area (Å²) in [5.74, 6) is 3.13. The molecule has 0 fully saturated rings. The van der Waals surface area contributed by atoms with Gasteiger partial charge in [0.1, 0.15) is 5.76 Å². The summed E-state index contributed by atoms with van der Waals surface area (Å²) in [5.41, 5.74) is 1.13. The average molecular weight is 286 g/mol. The summed E-state index contributed by atoms with van der Waals surface area (Å²) >= 11 is 1.77. The lowest BCUT2D eigenvalue weighted by Crippen LogP contribution is -2.26. The van der Waals surface area contributed by atoms with Crippen molar-refractivity contribution in [1.29, 1.82) is 0 Å². The molecule has 19 heavy (non-hydrogen) atoms. The smallest absolute Gasteiger partial charge is 0.274 e. The number of hydrogen-bond donors (Lipinski definition) is 2. The maximum absolute atomic E-state index is 10.3. The zero-order chi connectivity index (χ0) is 14.1. The topological polar surface area (TPSA) is 93.2 Å². The van der Waals surface area contributed by atoms with Gasteiger partial charge >= 0.3 is 0 Å². The molecule has 0 atom stereocenters. The Kier molecular flexibility index (Phi) is 6.80. The lowest BCUT2D eigenvalue weighted by molar-refractivity contribution is -0.404. The van der Waals surface area contributed by atoms with Gasteiger partial charge in [0.15, 0.2) is 5.82 Å². The van der Waals surface area contributed by atoms with Gasteiger partial charge in [-0.25, -0.2) is 0 Å². The Hall–Kier alpha value is -1.70. The van der Waals surface area contributed by atoms with Crippen molar-refractivity contribution < 1.29 is 9.45 Å². The first-order valence-electron chi connectivity index (χ1n) is 5.88. The van der Waals surface area contributed by atoms with E-state index in [2.05, 4.69) is 15.8 Å². The Morgan fingerprint density at radius 1 is 1.63 bits per heavy atom. The van der Waals surface area contributed by atoms with Crippen LogP contribution in [-0.2, 0) is 6.42 Å². The van der Waals surface area contributed by atoms with E-state index in [9.17, 15) is 10.1 Å². The highest BCUT2D eigenvalue weighted by Gasteiger charge is 2.02. The molecule has 1 aromatic heterocycles. The van der Waals surface area contributed by atoms with Gasteiger partial charge < -0.3 is 15.2 Å². The number of thioether (sulfide) groups is 1. The zero-order valence-electron chi connectivity index (χ0n) is 11.0. The van der Waals surface area contributed by atoms with Gasteiger partial charge in [-0.15, -0.1) is 0 Å². The van der Waals surface area contributed by atoms with Crippen molar-refractivity contribution in [1.82, 2.24) is 15.8 Å². The van der Waals surface area contributed by atoms with Crippen LogP contribution in [0.25, 0.3) is 0 Å². The molecule has 0 amide bonds. The maximum atomic E-state index is 10.3. The van der Waals surface area contributed by atoms with Crippen molar-refractivity contribution in [3.05, 3.63) is 39.7 Å². The van der Waals surface area contributed by atoms with Crippen LogP contribution >= 0.6 is 11.8 Å². The third-order valence-electron chi connectivity index (χ3n) is 2.43. The minimum atomic E-state index is -0.485. The number of nitrogens with one attached hydrogen (secondary N) is 2. The molecule has 0 unspecified atom stereocenters. The van der Waals surface area contributed by atoms with E-state index in [0.717, 1.165) is 35.5 Å². The quantitative estimate of drug-likeness (QED) is 0.399. The molecule has 2 N–H and O–H groups in total. The van der Waals surface area contributed by atoms with Crippen molar-refractivity contribution in [3.8, 4) is 0 Å². The van der Waals surface area contributed by atoms with Gasteiger partial charge in [-0.3, -0.25) is 10.1 Å². The molecule has 1 rings (SSSR count). The first kappa shape index (κ1) is 15.4. The summed E-state index contributed by atoms with van der Waals surface area (Å²) in [6, 6.07) is 0. The largest absolute Gasteiger partial charge is 0.370 e.